The standard InChI is InChI=1S/C15H15NO4/c1-3-19-8-9-20-14-6-4-12(5-7-14)10-13(11-16)15(17)18-2/h3-7,10H,1,8-9H2,2H3/b13-10-. The van der Waals surface area contributed by atoms with E-state index >= 15 is 0 Å². The first kappa shape index (κ1) is 15.3. The lowest BCUT2D eigenvalue weighted by Crippen LogP contribution is -2.04. The minimum atomic E-state index is -0.658. The van der Waals surface area contributed by atoms with Crippen LogP contribution in [0.4, 0.5) is 0 Å². The van der Waals surface area contributed by atoms with Gasteiger partial charge in [0, 0.05) is 0 Å². The lowest BCUT2D eigenvalue weighted by atomic mass is 10.1. The molecule has 1 aromatic rings. The third kappa shape index (κ3) is 4.86. The minimum Gasteiger partial charge on any atom is -0.498 e. The molecule has 1 rings (SSSR count). The predicted molar refractivity (Wildman–Crippen MR) is 73.7 cm³/mol. The molecule has 5 heteroatoms. The Morgan fingerprint density at radius 1 is 1.35 bits per heavy atom. The van der Waals surface area contributed by atoms with Crippen LogP contribution in [0.25, 0.3) is 6.08 Å². The molecule has 0 spiro atoms. The number of esters is 1. The number of carbonyl (C=O) groups is 1. The van der Waals surface area contributed by atoms with Crippen molar-refractivity contribution in [1.82, 2.24) is 0 Å². The van der Waals surface area contributed by atoms with Gasteiger partial charge in [-0.05, 0) is 23.8 Å². The Kier molecular flexibility index (Phi) is 6.42. The Morgan fingerprint density at radius 3 is 2.60 bits per heavy atom. The summed E-state index contributed by atoms with van der Waals surface area (Å²) in [6, 6.07) is 8.76. The lowest BCUT2D eigenvalue weighted by molar-refractivity contribution is -0.135. The van der Waals surface area contributed by atoms with E-state index in [9.17, 15) is 4.79 Å². The molecule has 0 saturated carbocycles. The summed E-state index contributed by atoms with van der Waals surface area (Å²) in [7, 11) is 1.23. The van der Waals surface area contributed by atoms with Crippen LogP contribution >= 0.6 is 0 Å². The molecule has 0 atom stereocenters. The summed E-state index contributed by atoms with van der Waals surface area (Å²) in [4.78, 5) is 11.3. The quantitative estimate of drug-likeness (QED) is 0.251. The molecule has 104 valence electrons. The van der Waals surface area contributed by atoms with Crippen LogP contribution in [0, 0.1) is 11.3 Å². The first-order valence-electron chi connectivity index (χ1n) is 5.86. The SMILES string of the molecule is C=COCCOc1ccc(/C=C(/C#N)C(=O)OC)cc1. The topological polar surface area (TPSA) is 68.5 Å². The molecule has 5 nitrogen and oxygen atoms in total. The molecule has 0 unspecified atom stereocenters. The zero-order valence-corrected chi connectivity index (χ0v) is 11.2. The van der Waals surface area contributed by atoms with Gasteiger partial charge in [-0.3, -0.25) is 0 Å². The van der Waals surface area contributed by atoms with Crippen molar-refractivity contribution in [3.05, 3.63) is 48.2 Å². The molecule has 0 aliphatic heterocycles. The van der Waals surface area contributed by atoms with Gasteiger partial charge in [0.2, 0.25) is 0 Å². The van der Waals surface area contributed by atoms with Crippen LogP contribution in [-0.4, -0.2) is 26.3 Å². The van der Waals surface area contributed by atoms with Crippen LogP contribution in [0.5, 0.6) is 5.75 Å². The van der Waals surface area contributed by atoms with Gasteiger partial charge in [0.15, 0.2) is 0 Å². The van der Waals surface area contributed by atoms with Gasteiger partial charge in [0.05, 0.1) is 13.4 Å². The number of nitrogens with zero attached hydrogens (tertiary/aromatic N) is 1. The van der Waals surface area contributed by atoms with Crippen LogP contribution in [-0.2, 0) is 14.3 Å². The molecular weight excluding hydrogens is 258 g/mol. The molecular formula is C15H15NO4. The van der Waals surface area contributed by atoms with Crippen molar-refractivity contribution in [1.29, 1.82) is 5.26 Å². The highest BCUT2D eigenvalue weighted by atomic mass is 16.5. The second-order valence-corrected chi connectivity index (χ2v) is 3.62. The smallest absolute Gasteiger partial charge is 0.348 e. The Hall–Kier alpha value is -2.74. The maximum atomic E-state index is 11.3. The maximum absolute atomic E-state index is 11.3. The third-order valence-corrected chi connectivity index (χ3v) is 2.30. The number of rotatable bonds is 7. The molecule has 0 N–H and O–H groups in total. The van der Waals surface area contributed by atoms with Gasteiger partial charge < -0.3 is 14.2 Å². The highest BCUT2D eigenvalue weighted by Gasteiger charge is 2.08. The molecule has 0 saturated heterocycles. The molecule has 0 radical (unpaired) electrons. The normalized spacial score (nSPS) is 10.3. The average Bonchev–Trinajstić information content (AvgIpc) is 2.49. The number of methoxy groups -OCH3 is 1. The second kappa shape index (κ2) is 8.38. The highest BCUT2D eigenvalue weighted by molar-refractivity contribution is 5.97. The zero-order valence-electron chi connectivity index (χ0n) is 11.2. The summed E-state index contributed by atoms with van der Waals surface area (Å²) in [6.45, 7) is 4.26. The third-order valence-electron chi connectivity index (χ3n) is 2.30. The van der Waals surface area contributed by atoms with E-state index in [-0.39, 0.29) is 5.57 Å². The van der Waals surface area contributed by atoms with Crippen LogP contribution in [0.2, 0.25) is 0 Å². The van der Waals surface area contributed by atoms with Crippen molar-refractivity contribution >= 4 is 12.0 Å². The number of hydrogen-bond acceptors (Lipinski definition) is 5. The van der Waals surface area contributed by atoms with E-state index in [1.54, 1.807) is 30.3 Å². The van der Waals surface area contributed by atoms with Gasteiger partial charge in [-0.25, -0.2) is 4.79 Å². The Morgan fingerprint density at radius 2 is 2.05 bits per heavy atom. The first-order chi connectivity index (χ1) is 9.71. The van der Waals surface area contributed by atoms with Crippen molar-refractivity contribution in [2.24, 2.45) is 0 Å². The fraction of sp³-hybridized carbons (Fsp3) is 0.200. The summed E-state index contributed by atoms with van der Waals surface area (Å²) in [6.07, 6.45) is 2.81. The molecule has 0 aliphatic carbocycles. The van der Waals surface area contributed by atoms with E-state index in [1.165, 1.54) is 19.4 Å². The summed E-state index contributed by atoms with van der Waals surface area (Å²) in [5.41, 5.74) is 0.655. The number of nitriles is 1. The summed E-state index contributed by atoms with van der Waals surface area (Å²) < 4.78 is 14.8. The molecule has 0 amide bonds. The molecule has 0 aliphatic rings. The van der Waals surface area contributed by atoms with Crippen molar-refractivity contribution < 1.29 is 19.0 Å². The summed E-state index contributed by atoms with van der Waals surface area (Å²) in [5.74, 6) is 0.0146. The predicted octanol–water partition coefficient (Wildman–Crippen LogP) is 2.31. The van der Waals surface area contributed by atoms with E-state index in [4.69, 9.17) is 14.7 Å². The molecule has 0 aromatic heterocycles. The largest absolute Gasteiger partial charge is 0.498 e. The fourth-order valence-electron chi connectivity index (χ4n) is 1.36. The number of benzene rings is 1. The molecule has 20 heavy (non-hydrogen) atoms. The van der Waals surface area contributed by atoms with Gasteiger partial charge >= 0.3 is 5.97 Å². The van der Waals surface area contributed by atoms with E-state index in [1.807, 2.05) is 0 Å². The summed E-state index contributed by atoms with van der Waals surface area (Å²) >= 11 is 0. The fourth-order valence-corrected chi connectivity index (χ4v) is 1.36. The Balaban J connectivity index is 2.66. The molecule has 0 fully saturated rings. The van der Waals surface area contributed by atoms with Crippen molar-refractivity contribution in [3.63, 3.8) is 0 Å². The molecule has 1 aromatic carbocycles. The van der Waals surface area contributed by atoms with Gasteiger partial charge in [0.1, 0.15) is 30.6 Å². The molecule has 0 heterocycles. The van der Waals surface area contributed by atoms with E-state index < -0.39 is 5.97 Å². The number of hydrogen-bond donors (Lipinski definition) is 0. The minimum absolute atomic E-state index is 0.0550. The van der Waals surface area contributed by atoms with E-state index in [2.05, 4.69) is 11.3 Å². The maximum Gasteiger partial charge on any atom is 0.348 e. The van der Waals surface area contributed by atoms with Gasteiger partial charge in [0.25, 0.3) is 0 Å². The number of ether oxygens (including phenoxy) is 3. The average molecular weight is 273 g/mol. The van der Waals surface area contributed by atoms with Crippen LogP contribution in [0.15, 0.2) is 42.7 Å². The number of carbonyl (C=O) groups excluding carboxylic acids is 1. The van der Waals surface area contributed by atoms with E-state index in [0.29, 0.717) is 24.5 Å². The van der Waals surface area contributed by atoms with Crippen LogP contribution in [0.3, 0.4) is 0 Å². The second-order valence-electron chi connectivity index (χ2n) is 3.62. The van der Waals surface area contributed by atoms with E-state index in [0.717, 1.165) is 0 Å². The van der Waals surface area contributed by atoms with Crippen LogP contribution < -0.4 is 4.74 Å². The van der Waals surface area contributed by atoms with Gasteiger partial charge in [-0.2, -0.15) is 5.26 Å². The Labute approximate surface area is 117 Å². The van der Waals surface area contributed by atoms with Crippen molar-refractivity contribution in [2.45, 2.75) is 0 Å². The van der Waals surface area contributed by atoms with Gasteiger partial charge in [-0.15, -0.1) is 0 Å². The zero-order chi connectivity index (χ0) is 14.8. The first-order valence-corrected chi connectivity index (χ1v) is 5.86. The van der Waals surface area contributed by atoms with Crippen LogP contribution in [0.1, 0.15) is 5.56 Å². The lowest BCUT2D eigenvalue weighted by Gasteiger charge is -2.06. The summed E-state index contributed by atoms with van der Waals surface area (Å²) in [5, 5.41) is 8.84. The molecule has 0 bridgehead atoms. The monoisotopic (exact) mass is 273 g/mol. The Bertz CT molecular complexity index is 526. The van der Waals surface area contributed by atoms with Crippen molar-refractivity contribution in [3.8, 4) is 11.8 Å². The highest BCUT2D eigenvalue weighted by Crippen LogP contribution is 2.14. The van der Waals surface area contributed by atoms with Gasteiger partial charge in [-0.1, -0.05) is 18.7 Å². The van der Waals surface area contributed by atoms with Crippen molar-refractivity contribution in [2.75, 3.05) is 20.3 Å².